The number of benzene rings is 1. The number of hydrogen-bond acceptors (Lipinski definition) is 6. The van der Waals surface area contributed by atoms with E-state index in [1.807, 2.05) is 0 Å². The second kappa shape index (κ2) is 5.89. The fraction of sp³-hybridized carbons (Fsp3) is 0.273. The van der Waals surface area contributed by atoms with Crippen LogP contribution in [-0.2, 0) is 13.1 Å². The minimum Gasteiger partial charge on any atom is -0.340 e. The molecule has 0 aliphatic carbocycles. The second-order valence-electron chi connectivity index (χ2n) is 3.86. The number of aryl methyl sites for hydroxylation is 1. The van der Waals surface area contributed by atoms with E-state index in [1.54, 1.807) is 19.1 Å². The molecule has 7 nitrogen and oxygen atoms in total. The Bertz CT molecular complexity index is 599. The molecule has 1 heterocycles. The molecule has 0 aliphatic rings. The smallest absolute Gasteiger partial charge is 0.273 e. The second-order valence-corrected chi connectivity index (χ2v) is 4.78. The number of rotatable bonds is 5. The van der Waals surface area contributed by atoms with Gasteiger partial charge in [-0.3, -0.25) is 10.1 Å². The fourth-order valence-corrected chi connectivity index (χ4v) is 2.00. The molecule has 2 rings (SSSR count). The molecule has 0 atom stereocenters. The Morgan fingerprint density at radius 3 is 2.89 bits per heavy atom. The van der Waals surface area contributed by atoms with Gasteiger partial charge in [-0.1, -0.05) is 21.1 Å². The molecule has 0 saturated carbocycles. The van der Waals surface area contributed by atoms with E-state index in [0.717, 1.165) is 4.47 Å². The van der Waals surface area contributed by atoms with E-state index in [4.69, 9.17) is 4.52 Å². The van der Waals surface area contributed by atoms with Crippen LogP contribution in [0.25, 0.3) is 0 Å². The maximum Gasteiger partial charge on any atom is 0.273 e. The van der Waals surface area contributed by atoms with Crippen LogP contribution < -0.4 is 5.32 Å². The Balaban J connectivity index is 2.02. The third kappa shape index (κ3) is 3.58. The van der Waals surface area contributed by atoms with Gasteiger partial charge in [0.2, 0.25) is 5.89 Å². The molecule has 0 amide bonds. The summed E-state index contributed by atoms with van der Waals surface area (Å²) in [6, 6.07) is 4.83. The van der Waals surface area contributed by atoms with Gasteiger partial charge in [0.05, 0.1) is 11.5 Å². The summed E-state index contributed by atoms with van der Waals surface area (Å²) in [5.41, 5.74) is 0.680. The van der Waals surface area contributed by atoms with Crippen molar-refractivity contribution in [2.75, 3.05) is 0 Å². The van der Waals surface area contributed by atoms with Gasteiger partial charge in [0.15, 0.2) is 5.82 Å². The average Bonchev–Trinajstić information content (AvgIpc) is 2.75. The minimum absolute atomic E-state index is 0.0833. The van der Waals surface area contributed by atoms with E-state index < -0.39 is 4.92 Å². The Labute approximate surface area is 117 Å². The van der Waals surface area contributed by atoms with Gasteiger partial charge in [0.25, 0.3) is 5.69 Å². The largest absolute Gasteiger partial charge is 0.340 e. The Kier molecular flexibility index (Phi) is 4.23. The Morgan fingerprint density at radius 1 is 1.47 bits per heavy atom. The van der Waals surface area contributed by atoms with Crippen LogP contribution in [-0.4, -0.2) is 15.1 Å². The number of halogens is 1. The number of nitro groups is 1. The highest BCUT2D eigenvalue weighted by atomic mass is 79.9. The van der Waals surface area contributed by atoms with Crippen molar-refractivity contribution in [1.82, 2.24) is 15.5 Å². The van der Waals surface area contributed by atoms with Crippen molar-refractivity contribution < 1.29 is 9.45 Å². The molecule has 19 heavy (non-hydrogen) atoms. The molecule has 1 N–H and O–H groups in total. The molecule has 8 heteroatoms. The molecule has 0 saturated heterocycles. The molecule has 1 aromatic heterocycles. The van der Waals surface area contributed by atoms with Crippen LogP contribution >= 0.6 is 15.9 Å². The maximum atomic E-state index is 10.9. The van der Waals surface area contributed by atoms with Gasteiger partial charge < -0.3 is 9.84 Å². The molecule has 0 fully saturated rings. The zero-order valence-corrected chi connectivity index (χ0v) is 11.7. The van der Waals surface area contributed by atoms with Gasteiger partial charge in [0.1, 0.15) is 0 Å². The highest BCUT2D eigenvalue weighted by molar-refractivity contribution is 9.10. The summed E-state index contributed by atoms with van der Waals surface area (Å²) in [7, 11) is 0. The third-order valence-electron chi connectivity index (χ3n) is 2.41. The topological polar surface area (TPSA) is 94.1 Å². The third-order valence-corrected chi connectivity index (χ3v) is 2.90. The van der Waals surface area contributed by atoms with E-state index >= 15 is 0 Å². The molecule has 0 aliphatic heterocycles. The van der Waals surface area contributed by atoms with Gasteiger partial charge in [-0.25, -0.2) is 0 Å². The minimum atomic E-state index is -0.401. The number of nitrogens with zero attached hydrogens (tertiary/aromatic N) is 3. The summed E-state index contributed by atoms with van der Waals surface area (Å²) in [6.07, 6.45) is 0. The summed E-state index contributed by atoms with van der Waals surface area (Å²) in [5, 5.41) is 17.7. The maximum absolute atomic E-state index is 10.9. The lowest BCUT2D eigenvalue weighted by atomic mass is 10.2. The van der Waals surface area contributed by atoms with Crippen molar-refractivity contribution in [3.05, 3.63) is 50.1 Å². The normalized spacial score (nSPS) is 10.6. The molecule has 0 unspecified atom stereocenters. The molecule has 100 valence electrons. The molecule has 0 bridgehead atoms. The Morgan fingerprint density at radius 2 is 2.26 bits per heavy atom. The standard InChI is InChI=1S/C11H11BrN4O3/c1-7-14-11(15-19-7)6-13-5-8-4-9(12)2-3-10(8)16(17)18/h2-4,13H,5-6H2,1H3. The van der Waals surface area contributed by atoms with Crippen molar-refractivity contribution >= 4 is 21.6 Å². The van der Waals surface area contributed by atoms with Crippen molar-refractivity contribution in [3.8, 4) is 0 Å². The van der Waals surface area contributed by atoms with Gasteiger partial charge in [-0.05, 0) is 12.1 Å². The van der Waals surface area contributed by atoms with Crippen molar-refractivity contribution in [2.45, 2.75) is 20.0 Å². The predicted octanol–water partition coefficient (Wildman–Crippen LogP) is 2.34. The monoisotopic (exact) mass is 326 g/mol. The molecule has 2 aromatic rings. The van der Waals surface area contributed by atoms with Gasteiger partial charge in [-0.15, -0.1) is 0 Å². The Hall–Kier alpha value is -1.80. The molecular formula is C11H11BrN4O3. The van der Waals surface area contributed by atoms with E-state index in [0.29, 0.717) is 30.4 Å². The van der Waals surface area contributed by atoms with Crippen LogP contribution in [0.15, 0.2) is 27.2 Å². The van der Waals surface area contributed by atoms with Crippen LogP contribution in [0.4, 0.5) is 5.69 Å². The summed E-state index contributed by atoms with van der Waals surface area (Å²) in [6.45, 7) is 2.44. The first-order valence-electron chi connectivity index (χ1n) is 5.49. The van der Waals surface area contributed by atoms with Crippen LogP contribution in [0.1, 0.15) is 17.3 Å². The summed E-state index contributed by atoms with van der Waals surface area (Å²) < 4.78 is 5.63. The number of nitro benzene ring substituents is 1. The van der Waals surface area contributed by atoms with Crippen LogP contribution in [0.3, 0.4) is 0 Å². The number of aromatic nitrogens is 2. The zero-order chi connectivity index (χ0) is 13.8. The fourth-order valence-electron chi connectivity index (χ4n) is 1.60. The lowest BCUT2D eigenvalue weighted by Crippen LogP contribution is -2.14. The van der Waals surface area contributed by atoms with E-state index in [1.165, 1.54) is 6.07 Å². The molecule has 0 spiro atoms. The van der Waals surface area contributed by atoms with Crippen LogP contribution in [0.2, 0.25) is 0 Å². The van der Waals surface area contributed by atoms with E-state index in [9.17, 15) is 10.1 Å². The van der Waals surface area contributed by atoms with Gasteiger partial charge >= 0.3 is 0 Å². The lowest BCUT2D eigenvalue weighted by molar-refractivity contribution is -0.385. The number of nitrogens with one attached hydrogen (secondary N) is 1. The SMILES string of the molecule is Cc1nc(CNCc2cc(Br)ccc2[N+](=O)[O-])no1. The first-order valence-corrected chi connectivity index (χ1v) is 6.28. The summed E-state index contributed by atoms with van der Waals surface area (Å²) in [5.74, 6) is 1.01. The van der Waals surface area contributed by atoms with Gasteiger partial charge in [-0.2, -0.15) is 4.98 Å². The predicted molar refractivity (Wildman–Crippen MR) is 70.4 cm³/mol. The summed E-state index contributed by atoms with van der Waals surface area (Å²) in [4.78, 5) is 14.5. The van der Waals surface area contributed by atoms with Crippen molar-refractivity contribution in [2.24, 2.45) is 0 Å². The number of hydrogen-bond donors (Lipinski definition) is 1. The summed E-state index contributed by atoms with van der Waals surface area (Å²) >= 11 is 3.30. The van der Waals surface area contributed by atoms with Gasteiger partial charge in [0, 0.05) is 29.6 Å². The first-order chi connectivity index (χ1) is 9.06. The quantitative estimate of drug-likeness (QED) is 0.669. The molecule has 0 radical (unpaired) electrons. The van der Waals surface area contributed by atoms with Crippen LogP contribution in [0, 0.1) is 17.0 Å². The van der Waals surface area contributed by atoms with E-state index in [2.05, 4.69) is 31.4 Å². The first kappa shape index (κ1) is 13.6. The molecule has 1 aromatic carbocycles. The van der Waals surface area contributed by atoms with Crippen LogP contribution in [0.5, 0.6) is 0 Å². The lowest BCUT2D eigenvalue weighted by Gasteiger charge is -2.04. The average molecular weight is 327 g/mol. The highest BCUT2D eigenvalue weighted by Crippen LogP contribution is 2.22. The van der Waals surface area contributed by atoms with E-state index in [-0.39, 0.29) is 5.69 Å². The zero-order valence-electron chi connectivity index (χ0n) is 10.1. The molecular weight excluding hydrogens is 316 g/mol. The van der Waals surface area contributed by atoms with Crippen molar-refractivity contribution in [1.29, 1.82) is 0 Å². The van der Waals surface area contributed by atoms with Crippen molar-refractivity contribution in [3.63, 3.8) is 0 Å². The highest BCUT2D eigenvalue weighted by Gasteiger charge is 2.13.